The summed E-state index contributed by atoms with van der Waals surface area (Å²) in [6.45, 7) is 6.15. The van der Waals surface area contributed by atoms with E-state index >= 15 is 0 Å². The molecular weight excluding hydrogens is 152 g/mol. The maximum atomic E-state index is 5.64. The van der Waals surface area contributed by atoms with E-state index < -0.39 is 0 Å². The molecule has 1 unspecified atom stereocenters. The number of ether oxygens (including phenoxy) is 1. The van der Waals surface area contributed by atoms with E-state index in [1.807, 2.05) is 7.05 Å². The SMILES string of the molecule is CNCCNCC1(C)CCCO1. The second-order valence-electron chi connectivity index (χ2n) is 3.68. The van der Waals surface area contributed by atoms with Gasteiger partial charge in [-0.3, -0.25) is 0 Å². The normalized spacial score (nSPS) is 29.5. The molecule has 1 rings (SSSR count). The minimum Gasteiger partial charge on any atom is -0.374 e. The first-order valence-corrected chi connectivity index (χ1v) is 4.76. The predicted molar refractivity (Wildman–Crippen MR) is 50.4 cm³/mol. The van der Waals surface area contributed by atoms with Crippen molar-refractivity contribution in [3.8, 4) is 0 Å². The number of likely N-dealkylation sites (N-methyl/N-ethyl adjacent to an activating group) is 1. The first kappa shape index (κ1) is 9.96. The zero-order chi connectivity index (χ0) is 8.86. The Morgan fingerprint density at radius 1 is 1.42 bits per heavy atom. The number of rotatable bonds is 5. The lowest BCUT2D eigenvalue weighted by molar-refractivity contribution is 0.0211. The minimum atomic E-state index is 0.105. The van der Waals surface area contributed by atoms with Gasteiger partial charge in [0.15, 0.2) is 0 Å². The van der Waals surface area contributed by atoms with Gasteiger partial charge in [-0.2, -0.15) is 0 Å². The first-order valence-electron chi connectivity index (χ1n) is 4.76. The third-order valence-corrected chi connectivity index (χ3v) is 2.35. The molecule has 3 heteroatoms. The van der Waals surface area contributed by atoms with Crippen LogP contribution in [-0.2, 0) is 4.74 Å². The van der Waals surface area contributed by atoms with Gasteiger partial charge >= 0.3 is 0 Å². The van der Waals surface area contributed by atoms with Crippen LogP contribution in [-0.4, -0.2) is 38.9 Å². The van der Waals surface area contributed by atoms with E-state index in [1.165, 1.54) is 12.8 Å². The van der Waals surface area contributed by atoms with Gasteiger partial charge in [0, 0.05) is 26.2 Å². The van der Waals surface area contributed by atoms with Crippen LogP contribution in [0.2, 0.25) is 0 Å². The summed E-state index contributed by atoms with van der Waals surface area (Å²) in [6, 6.07) is 0. The Labute approximate surface area is 74.9 Å². The molecule has 0 saturated carbocycles. The van der Waals surface area contributed by atoms with Gasteiger partial charge in [0.05, 0.1) is 5.60 Å². The van der Waals surface area contributed by atoms with Crippen molar-refractivity contribution in [3.63, 3.8) is 0 Å². The molecule has 0 bridgehead atoms. The zero-order valence-electron chi connectivity index (χ0n) is 8.15. The molecule has 0 aromatic heterocycles. The third kappa shape index (κ3) is 3.09. The summed E-state index contributed by atoms with van der Waals surface area (Å²) in [5.41, 5.74) is 0.105. The summed E-state index contributed by atoms with van der Waals surface area (Å²) in [4.78, 5) is 0. The van der Waals surface area contributed by atoms with E-state index in [2.05, 4.69) is 17.6 Å². The van der Waals surface area contributed by atoms with Crippen LogP contribution >= 0.6 is 0 Å². The Hall–Kier alpha value is -0.120. The topological polar surface area (TPSA) is 33.3 Å². The molecule has 1 aliphatic heterocycles. The van der Waals surface area contributed by atoms with Crippen LogP contribution in [0.5, 0.6) is 0 Å². The zero-order valence-corrected chi connectivity index (χ0v) is 8.15. The minimum absolute atomic E-state index is 0.105. The molecule has 0 aromatic rings. The van der Waals surface area contributed by atoms with Crippen molar-refractivity contribution in [2.75, 3.05) is 33.3 Å². The van der Waals surface area contributed by atoms with Crippen molar-refractivity contribution >= 4 is 0 Å². The van der Waals surface area contributed by atoms with Crippen LogP contribution < -0.4 is 10.6 Å². The van der Waals surface area contributed by atoms with E-state index in [0.717, 1.165) is 26.2 Å². The highest BCUT2D eigenvalue weighted by atomic mass is 16.5. The molecule has 12 heavy (non-hydrogen) atoms. The molecule has 1 aliphatic rings. The summed E-state index contributed by atoms with van der Waals surface area (Å²) < 4.78 is 5.64. The summed E-state index contributed by atoms with van der Waals surface area (Å²) in [7, 11) is 1.97. The largest absolute Gasteiger partial charge is 0.374 e. The van der Waals surface area contributed by atoms with Gasteiger partial charge in [-0.05, 0) is 26.8 Å². The Balaban J connectivity index is 2.05. The van der Waals surface area contributed by atoms with Crippen molar-refractivity contribution in [1.29, 1.82) is 0 Å². The second kappa shape index (κ2) is 4.80. The first-order chi connectivity index (χ1) is 5.77. The van der Waals surface area contributed by atoms with Crippen molar-refractivity contribution < 1.29 is 4.74 Å². The standard InChI is InChI=1S/C9H20N2O/c1-9(4-3-7-12-9)8-11-6-5-10-2/h10-11H,3-8H2,1-2H3. The van der Waals surface area contributed by atoms with E-state index in [-0.39, 0.29) is 5.60 Å². The number of nitrogens with one attached hydrogen (secondary N) is 2. The van der Waals surface area contributed by atoms with Gasteiger partial charge in [0.1, 0.15) is 0 Å². The Morgan fingerprint density at radius 3 is 2.83 bits per heavy atom. The smallest absolute Gasteiger partial charge is 0.0779 e. The van der Waals surface area contributed by atoms with Gasteiger partial charge in [0.2, 0.25) is 0 Å². The Bertz CT molecular complexity index is 122. The number of hydrogen-bond donors (Lipinski definition) is 2. The van der Waals surface area contributed by atoms with Crippen LogP contribution in [0.25, 0.3) is 0 Å². The highest BCUT2D eigenvalue weighted by molar-refractivity contribution is 4.82. The molecule has 72 valence electrons. The van der Waals surface area contributed by atoms with Gasteiger partial charge < -0.3 is 15.4 Å². The van der Waals surface area contributed by atoms with Crippen LogP contribution in [0.15, 0.2) is 0 Å². The molecule has 0 aromatic carbocycles. The molecule has 0 radical (unpaired) electrons. The summed E-state index contributed by atoms with van der Waals surface area (Å²) in [6.07, 6.45) is 2.41. The highest BCUT2D eigenvalue weighted by Crippen LogP contribution is 2.23. The van der Waals surface area contributed by atoms with Gasteiger partial charge in [0.25, 0.3) is 0 Å². The van der Waals surface area contributed by atoms with Crippen molar-refractivity contribution in [2.45, 2.75) is 25.4 Å². The molecule has 1 fully saturated rings. The molecular formula is C9H20N2O. The average Bonchev–Trinajstić information content (AvgIpc) is 2.47. The van der Waals surface area contributed by atoms with Gasteiger partial charge in [-0.1, -0.05) is 0 Å². The number of hydrogen-bond acceptors (Lipinski definition) is 3. The molecule has 0 aliphatic carbocycles. The van der Waals surface area contributed by atoms with E-state index in [4.69, 9.17) is 4.74 Å². The molecule has 1 heterocycles. The Kier molecular flexibility index (Phi) is 3.98. The average molecular weight is 172 g/mol. The van der Waals surface area contributed by atoms with Crippen LogP contribution in [0.4, 0.5) is 0 Å². The Morgan fingerprint density at radius 2 is 2.25 bits per heavy atom. The van der Waals surface area contributed by atoms with E-state index in [0.29, 0.717) is 0 Å². The summed E-state index contributed by atoms with van der Waals surface area (Å²) in [5, 5.41) is 6.48. The highest BCUT2D eigenvalue weighted by Gasteiger charge is 2.28. The monoisotopic (exact) mass is 172 g/mol. The molecule has 1 atom stereocenters. The quantitative estimate of drug-likeness (QED) is 0.588. The fourth-order valence-corrected chi connectivity index (χ4v) is 1.54. The molecule has 0 spiro atoms. The second-order valence-corrected chi connectivity index (χ2v) is 3.68. The summed E-state index contributed by atoms with van der Waals surface area (Å²) >= 11 is 0. The lowest BCUT2D eigenvalue weighted by Crippen LogP contribution is -2.39. The summed E-state index contributed by atoms with van der Waals surface area (Å²) in [5.74, 6) is 0. The molecule has 1 saturated heterocycles. The molecule has 0 amide bonds. The van der Waals surface area contributed by atoms with E-state index in [1.54, 1.807) is 0 Å². The fourth-order valence-electron chi connectivity index (χ4n) is 1.54. The maximum absolute atomic E-state index is 5.64. The van der Waals surface area contributed by atoms with Gasteiger partial charge in [-0.25, -0.2) is 0 Å². The van der Waals surface area contributed by atoms with Crippen LogP contribution in [0.1, 0.15) is 19.8 Å². The van der Waals surface area contributed by atoms with Crippen molar-refractivity contribution in [3.05, 3.63) is 0 Å². The lowest BCUT2D eigenvalue weighted by Gasteiger charge is -2.23. The molecule has 3 nitrogen and oxygen atoms in total. The van der Waals surface area contributed by atoms with Crippen molar-refractivity contribution in [2.24, 2.45) is 0 Å². The molecule has 2 N–H and O–H groups in total. The van der Waals surface area contributed by atoms with Gasteiger partial charge in [-0.15, -0.1) is 0 Å². The van der Waals surface area contributed by atoms with E-state index in [9.17, 15) is 0 Å². The fraction of sp³-hybridized carbons (Fsp3) is 1.00. The van der Waals surface area contributed by atoms with Crippen molar-refractivity contribution in [1.82, 2.24) is 10.6 Å². The predicted octanol–water partition coefficient (Wildman–Crippen LogP) is 0.364. The van der Waals surface area contributed by atoms with Crippen LogP contribution in [0.3, 0.4) is 0 Å². The van der Waals surface area contributed by atoms with Crippen LogP contribution in [0, 0.1) is 0 Å². The maximum Gasteiger partial charge on any atom is 0.0779 e. The lowest BCUT2D eigenvalue weighted by atomic mass is 10.0. The third-order valence-electron chi connectivity index (χ3n) is 2.35.